The fourth-order valence-corrected chi connectivity index (χ4v) is 2.70. The molecule has 0 heterocycles. The molecule has 5 heteroatoms. The number of nitrogens with one attached hydrogen (secondary N) is 1. The van der Waals surface area contributed by atoms with E-state index in [2.05, 4.69) is 5.32 Å². The van der Waals surface area contributed by atoms with E-state index in [0.717, 1.165) is 11.1 Å². The quantitative estimate of drug-likeness (QED) is 0.854. The lowest BCUT2D eigenvalue weighted by atomic mass is 10.0. The largest absolute Gasteiger partial charge is 0.444 e. The number of carbonyl (C=O) groups excluding carboxylic acids is 2. The predicted molar refractivity (Wildman–Crippen MR) is 108 cm³/mol. The molecule has 1 atom stereocenters. The van der Waals surface area contributed by atoms with Gasteiger partial charge in [0.05, 0.1) is 0 Å². The van der Waals surface area contributed by atoms with Crippen LogP contribution >= 0.6 is 0 Å². The molecule has 0 aromatic heterocycles. The highest BCUT2D eigenvalue weighted by atomic mass is 16.6. The first-order valence-corrected chi connectivity index (χ1v) is 9.06. The predicted octanol–water partition coefficient (Wildman–Crippen LogP) is 4.34. The molecular formula is C22H28N2O3. The normalized spacial score (nSPS) is 12.2. The average molecular weight is 368 g/mol. The van der Waals surface area contributed by atoms with Gasteiger partial charge in [0.1, 0.15) is 5.60 Å². The second-order valence-corrected chi connectivity index (χ2v) is 7.68. The fraction of sp³-hybridized carbons (Fsp3) is 0.364. The lowest BCUT2D eigenvalue weighted by Gasteiger charge is -2.25. The van der Waals surface area contributed by atoms with Gasteiger partial charge in [-0.2, -0.15) is 0 Å². The van der Waals surface area contributed by atoms with E-state index in [1.165, 1.54) is 0 Å². The van der Waals surface area contributed by atoms with Crippen LogP contribution < -0.4 is 5.32 Å². The third kappa shape index (κ3) is 6.44. The molecule has 0 bridgehead atoms. The number of alkyl carbamates (subject to hydrolysis) is 1. The molecule has 0 aliphatic rings. The Morgan fingerprint density at radius 1 is 1.00 bits per heavy atom. The zero-order valence-corrected chi connectivity index (χ0v) is 16.7. The molecule has 27 heavy (non-hydrogen) atoms. The number of hydrogen-bond acceptors (Lipinski definition) is 3. The van der Waals surface area contributed by atoms with Crippen molar-refractivity contribution in [1.82, 2.24) is 10.2 Å². The van der Waals surface area contributed by atoms with Crippen LogP contribution in [0.1, 0.15) is 38.1 Å². The van der Waals surface area contributed by atoms with E-state index in [-0.39, 0.29) is 11.9 Å². The van der Waals surface area contributed by atoms with Crippen LogP contribution in [-0.2, 0) is 4.74 Å². The number of nitrogens with zero attached hydrogens (tertiary/aromatic N) is 1. The van der Waals surface area contributed by atoms with E-state index < -0.39 is 11.7 Å². The van der Waals surface area contributed by atoms with Gasteiger partial charge in [0.15, 0.2) is 0 Å². The summed E-state index contributed by atoms with van der Waals surface area (Å²) in [5.74, 6) is -0.0903. The van der Waals surface area contributed by atoms with Crippen molar-refractivity contribution in [2.24, 2.45) is 0 Å². The SMILES string of the molecule is C[C@H](CN(C)C(=O)c1ccc(-c2ccccc2)cc1)NC(=O)OC(C)(C)C. The lowest BCUT2D eigenvalue weighted by Crippen LogP contribution is -2.44. The van der Waals surface area contributed by atoms with E-state index in [0.29, 0.717) is 12.1 Å². The molecule has 0 radical (unpaired) electrons. The van der Waals surface area contributed by atoms with Crippen LogP contribution in [0.4, 0.5) is 4.79 Å². The zero-order chi connectivity index (χ0) is 20.0. The third-order valence-electron chi connectivity index (χ3n) is 3.90. The molecule has 144 valence electrons. The van der Waals surface area contributed by atoms with Crippen LogP contribution in [0.5, 0.6) is 0 Å². The van der Waals surface area contributed by atoms with Gasteiger partial charge in [0.2, 0.25) is 0 Å². The molecule has 0 saturated carbocycles. The van der Waals surface area contributed by atoms with Gasteiger partial charge in [0.25, 0.3) is 5.91 Å². The van der Waals surface area contributed by atoms with Crippen molar-refractivity contribution in [3.05, 3.63) is 60.2 Å². The second kappa shape index (κ2) is 8.71. The van der Waals surface area contributed by atoms with Gasteiger partial charge in [-0.3, -0.25) is 4.79 Å². The summed E-state index contributed by atoms with van der Waals surface area (Å²) in [7, 11) is 1.72. The summed E-state index contributed by atoms with van der Waals surface area (Å²) in [5.41, 5.74) is 2.24. The van der Waals surface area contributed by atoms with Crippen molar-refractivity contribution in [3.63, 3.8) is 0 Å². The summed E-state index contributed by atoms with van der Waals surface area (Å²) in [6.45, 7) is 7.66. The Morgan fingerprint density at radius 2 is 1.56 bits per heavy atom. The molecule has 0 spiro atoms. The summed E-state index contributed by atoms with van der Waals surface area (Å²) in [5, 5.41) is 2.75. The summed E-state index contributed by atoms with van der Waals surface area (Å²) in [6, 6.07) is 17.3. The number of ether oxygens (including phenoxy) is 1. The number of rotatable bonds is 5. The van der Waals surface area contributed by atoms with E-state index in [1.807, 2.05) is 82.3 Å². The Labute approximate surface area is 161 Å². The van der Waals surface area contributed by atoms with Crippen molar-refractivity contribution in [1.29, 1.82) is 0 Å². The summed E-state index contributed by atoms with van der Waals surface area (Å²) in [4.78, 5) is 26.0. The number of likely N-dealkylation sites (N-methyl/N-ethyl adjacent to an activating group) is 1. The highest BCUT2D eigenvalue weighted by molar-refractivity contribution is 5.94. The standard InChI is InChI=1S/C22H28N2O3/c1-16(23-21(26)27-22(2,3)4)15-24(5)20(25)19-13-11-18(12-14-19)17-9-7-6-8-10-17/h6-14,16H,15H2,1-5H3,(H,23,26)/t16-/m1/s1. The van der Waals surface area contributed by atoms with Gasteiger partial charge in [-0.15, -0.1) is 0 Å². The summed E-state index contributed by atoms with van der Waals surface area (Å²) in [6.07, 6.45) is -0.483. The Hall–Kier alpha value is -2.82. The summed E-state index contributed by atoms with van der Waals surface area (Å²) >= 11 is 0. The zero-order valence-electron chi connectivity index (χ0n) is 16.7. The molecule has 2 aromatic rings. The van der Waals surface area contributed by atoms with Crippen molar-refractivity contribution in [3.8, 4) is 11.1 Å². The first-order chi connectivity index (χ1) is 12.7. The first-order valence-electron chi connectivity index (χ1n) is 9.06. The molecule has 2 rings (SSSR count). The van der Waals surface area contributed by atoms with E-state index >= 15 is 0 Å². The maximum atomic E-state index is 12.6. The Balaban J connectivity index is 1.93. The van der Waals surface area contributed by atoms with Gasteiger partial charge in [0, 0.05) is 25.2 Å². The van der Waals surface area contributed by atoms with E-state index in [1.54, 1.807) is 11.9 Å². The molecule has 0 aliphatic heterocycles. The molecule has 2 aromatic carbocycles. The maximum absolute atomic E-state index is 12.6. The van der Waals surface area contributed by atoms with Gasteiger partial charge >= 0.3 is 6.09 Å². The molecule has 0 fully saturated rings. The molecule has 0 saturated heterocycles. The van der Waals surface area contributed by atoms with Crippen LogP contribution in [-0.4, -0.2) is 42.1 Å². The lowest BCUT2D eigenvalue weighted by molar-refractivity contribution is 0.0491. The molecule has 1 N–H and O–H groups in total. The maximum Gasteiger partial charge on any atom is 0.407 e. The Bertz CT molecular complexity index is 764. The minimum atomic E-state index is -0.550. The van der Waals surface area contributed by atoms with Gasteiger partial charge < -0.3 is 15.0 Å². The van der Waals surface area contributed by atoms with Crippen LogP contribution in [0.15, 0.2) is 54.6 Å². The van der Waals surface area contributed by atoms with Crippen molar-refractivity contribution < 1.29 is 14.3 Å². The molecular weight excluding hydrogens is 340 g/mol. The second-order valence-electron chi connectivity index (χ2n) is 7.68. The monoisotopic (exact) mass is 368 g/mol. The number of amides is 2. The summed E-state index contributed by atoms with van der Waals surface area (Å²) < 4.78 is 5.24. The highest BCUT2D eigenvalue weighted by Gasteiger charge is 2.20. The number of hydrogen-bond donors (Lipinski definition) is 1. The van der Waals surface area contributed by atoms with Gasteiger partial charge in [-0.1, -0.05) is 42.5 Å². The van der Waals surface area contributed by atoms with E-state index in [4.69, 9.17) is 4.74 Å². The Morgan fingerprint density at radius 3 is 2.11 bits per heavy atom. The van der Waals surface area contributed by atoms with Crippen LogP contribution in [0, 0.1) is 0 Å². The third-order valence-corrected chi connectivity index (χ3v) is 3.90. The topological polar surface area (TPSA) is 58.6 Å². The van der Waals surface area contributed by atoms with Crippen LogP contribution in [0.2, 0.25) is 0 Å². The van der Waals surface area contributed by atoms with Crippen molar-refractivity contribution in [2.75, 3.05) is 13.6 Å². The average Bonchev–Trinajstić information content (AvgIpc) is 2.60. The fourth-order valence-electron chi connectivity index (χ4n) is 2.70. The number of carbonyl (C=O) groups is 2. The smallest absolute Gasteiger partial charge is 0.407 e. The van der Waals surface area contributed by atoms with Crippen LogP contribution in [0.25, 0.3) is 11.1 Å². The van der Waals surface area contributed by atoms with Crippen LogP contribution in [0.3, 0.4) is 0 Å². The molecule has 0 aliphatic carbocycles. The minimum absolute atomic E-state index is 0.0903. The van der Waals surface area contributed by atoms with Crippen molar-refractivity contribution >= 4 is 12.0 Å². The molecule has 5 nitrogen and oxygen atoms in total. The molecule has 0 unspecified atom stereocenters. The molecule has 2 amide bonds. The first kappa shape index (κ1) is 20.5. The van der Waals surface area contributed by atoms with Crippen molar-refractivity contribution in [2.45, 2.75) is 39.3 Å². The minimum Gasteiger partial charge on any atom is -0.444 e. The number of benzene rings is 2. The van der Waals surface area contributed by atoms with Gasteiger partial charge in [-0.05, 0) is 51.0 Å². The van der Waals surface area contributed by atoms with Gasteiger partial charge in [-0.25, -0.2) is 4.79 Å². The highest BCUT2D eigenvalue weighted by Crippen LogP contribution is 2.19. The van der Waals surface area contributed by atoms with E-state index in [9.17, 15) is 9.59 Å². The Kier molecular flexibility index (Phi) is 6.61.